The Morgan fingerprint density at radius 2 is 1.95 bits per heavy atom. The predicted molar refractivity (Wildman–Crippen MR) is 83.8 cm³/mol. The molecule has 0 saturated carbocycles. The van der Waals surface area contributed by atoms with Crippen LogP contribution in [0.15, 0.2) is 35.1 Å². The first kappa shape index (κ1) is 15.5. The van der Waals surface area contributed by atoms with Crippen molar-refractivity contribution in [1.82, 2.24) is 14.7 Å². The molecule has 114 valence electrons. The summed E-state index contributed by atoms with van der Waals surface area (Å²) in [5.41, 5.74) is 2.59. The number of rotatable bonds is 6. The van der Waals surface area contributed by atoms with E-state index in [1.165, 1.54) is 0 Å². The molecule has 0 aliphatic heterocycles. The third kappa shape index (κ3) is 3.25. The molecule has 0 aliphatic carbocycles. The summed E-state index contributed by atoms with van der Waals surface area (Å²) in [5.74, 6) is 0. The van der Waals surface area contributed by atoms with E-state index in [0.29, 0.717) is 13.0 Å². The summed E-state index contributed by atoms with van der Waals surface area (Å²) in [6.45, 7) is 4.62. The molecule has 1 atom stereocenters. The fourth-order valence-electron chi connectivity index (χ4n) is 2.40. The molecule has 5 nitrogen and oxygen atoms in total. The van der Waals surface area contributed by atoms with E-state index < -0.39 is 0 Å². The van der Waals surface area contributed by atoms with Gasteiger partial charge in [-0.2, -0.15) is 0 Å². The molecule has 2 aromatic rings. The highest BCUT2D eigenvalue weighted by molar-refractivity contribution is 5.33. The van der Waals surface area contributed by atoms with E-state index >= 15 is 0 Å². The van der Waals surface area contributed by atoms with E-state index in [-0.39, 0.29) is 18.2 Å². The summed E-state index contributed by atoms with van der Waals surface area (Å²) in [7, 11) is 1.89. The van der Waals surface area contributed by atoms with Gasteiger partial charge >= 0.3 is 0 Å². The van der Waals surface area contributed by atoms with Gasteiger partial charge in [0.05, 0.1) is 11.3 Å². The Balaban J connectivity index is 2.31. The molecule has 0 spiro atoms. The summed E-state index contributed by atoms with van der Waals surface area (Å²) >= 11 is 0. The lowest BCUT2D eigenvalue weighted by Gasteiger charge is -2.11. The molecule has 2 rings (SSSR count). The van der Waals surface area contributed by atoms with Crippen molar-refractivity contribution in [3.63, 3.8) is 0 Å². The first-order chi connectivity index (χ1) is 10.1. The molecule has 1 aromatic heterocycles. The molecule has 0 aliphatic rings. The van der Waals surface area contributed by atoms with Gasteiger partial charge < -0.3 is 10.4 Å². The monoisotopic (exact) mass is 289 g/mol. The van der Waals surface area contributed by atoms with Crippen LogP contribution in [0.1, 0.15) is 24.6 Å². The molecule has 21 heavy (non-hydrogen) atoms. The van der Waals surface area contributed by atoms with Crippen LogP contribution in [0.25, 0.3) is 5.69 Å². The normalized spacial score (nSPS) is 12.6. The van der Waals surface area contributed by atoms with Gasteiger partial charge in [0.25, 0.3) is 5.56 Å². The van der Waals surface area contributed by atoms with Crippen LogP contribution in [0.5, 0.6) is 0 Å². The topological polar surface area (TPSA) is 59.2 Å². The molecule has 0 saturated heterocycles. The average molecular weight is 289 g/mol. The number of para-hydroxylation sites is 1. The van der Waals surface area contributed by atoms with Crippen LogP contribution in [0.2, 0.25) is 0 Å². The zero-order valence-electron chi connectivity index (χ0n) is 12.8. The lowest BCUT2D eigenvalue weighted by Crippen LogP contribution is -2.29. The number of hydrogen-bond donors (Lipinski definition) is 2. The molecular formula is C16H23N3O2. The summed E-state index contributed by atoms with van der Waals surface area (Å²) in [6.07, 6.45) is 0.679. The van der Waals surface area contributed by atoms with Crippen molar-refractivity contribution in [3.8, 4) is 5.69 Å². The van der Waals surface area contributed by atoms with Gasteiger partial charge in [0.15, 0.2) is 0 Å². The molecule has 1 unspecified atom stereocenters. The summed E-state index contributed by atoms with van der Waals surface area (Å²) in [6, 6.07) is 9.80. The van der Waals surface area contributed by atoms with E-state index in [1.54, 1.807) is 4.68 Å². The Kier molecular flexibility index (Phi) is 4.98. The average Bonchev–Trinajstić information content (AvgIpc) is 2.69. The van der Waals surface area contributed by atoms with Crippen molar-refractivity contribution < 1.29 is 5.11 Å². The summed E-state index contributed by atoms with van der Waals surface area (Å²) in [4.78, 5) is 12.6. The van der Waals surface area contributed by atoms with Gasteiger partial charge in [-0.3, -0.25) is 9.48 Å². The van der Waals surface area contributed by atoms with Crippen LogP contribution in [0.4, 0.5) is 0 Å². The molecule has 0 fully saturated rings. The Hall–Kier alpha value is -1.85. The first-order valence-corrected chi connectivity index (χ1v) is 7.23. The molecular weight excluding hydrogens is 266 g/mol. The molecule has 2 N–H and O–H groups in total. The number of hydrogen-bond acceptors (Lipinski definition) is 3. The van der Waals surface area contributed by atoms with Gasteiger partial charge in [0.1, 0.15) is 0 Å². The van der Waals surface area contributed by atoms with Gasteiger partial charge in [-0.1, -0.05) is 18.2 Å². The number of benzene rings is 1. The number of aromatic nitrogens is 2. The fourth-order valence-corrected chi connectivity index (χ4v) is 2.40. The van der Waals surface area contributed by atoms with Crippen molar-refractivity contribution in [2.24, 2.45) is 7.05 Å². The number of nitrogens with zero attached hydrogens (tertiary/aromatic N) is 2. The molecule has 1 aromatic carbocycles. The maximum atomic E-state index is 12.6. The van der Waals surface area contributed by atoms with Crippen LogP contribution < -0.4 is 10.9 Å². The van der Waals surface area contributed by atoms with Crippen molar-refractivity contribution in [3.05, 3.63) is 51.9 Å². The molecule has 0 radical (unpaired) electrons. The molecule has 1 heterocycles. The Morgan fingerprint density at radius 3 is 2.57 bits per heavy atom. The van der Waals surface area contributed by atoms with Crippen LogP contribution in [-0.2, 0) is 13.6 Å². The van der Waals surface area contributed by atoms with Gasteiger partial charge in [-0.25, -0.2) is 4.68 Å². The van der Waals surface area contributed by atoms with Crippen LogP contribution >= 0.6 is 0 Å². The lowest BCUT2D eigenvalue weighted by atomic mass is 10.2. The number of aliphatic hydroxyl groups excluding tert-OH is 1. The Bertz CT molecular complexity index is 644. The van der Waals surface area contributed by atoms with Gasteiger partial charge in [0, 0.05) is 31.9 Å². The standard InChI is InChI=1S/C16H23N3O2/c1-12(9-10-20)17-11-15-13(2)18(3)19(16(15)21)14-7-5-4-6-8-14/h4-8,12,17,20H,9-11H2,1-3H3. The maximum Gasteiger partial charge on any atom is 0.276 e. The van der Waals surface area contributed by atoms with Crippen LogP contribution in [0.3, 0.4) is 0 Å². The van der Waals surface area contributed by atoms with Gasteiger partial charge in [-0.15, -0.1) is 0 Å². The number of nitrogens with one attached hydrogen (secondary N) is 1. The maximum absolute atomic E-state index is 12.6. The minimum atomic E-state index is 0.00454. The fraction of sp³-hybridized carbons (Fsp3) is 0.438. The zero-order chi connectivity index (χ0) is 15.4. The molecule has 5 heteroatoms. The zero-order valence-corrected chi connectivity index (χ0v) is 12.8. The Labute approximate surface area is 124 Å². The molecule has 0 bridgehead atoms. The van der Waals surface area contributed by atoms with E-state index in [2.05, 4.69) is 5.32 Å². The van der Waals surface area contributed by atoms with Crippen LogP contribution in [0, 0.1) is 6.92 Å². The highest BCUT2D eigenvalue weighted by Crippen LogP contribution is 2.10. The van der Waals surface area contributed by atoms with Gasteiger partial charge in [-0.05, 0) is 32.4 Å². The Morgan fingerprint density at radius 1 is 1.29 bits per heavy atom. The van der Waals surface area contributed by atoms with E-state index in [9.17, 15) is 4.79 Å². The quantitative estimate of drug-likeness (QED) is 0.844. The molecule has 0 amide bonds. The van der Waals surface area contributed by atoms with Crippen molar-refractivity contribution in [1.29, 1.82) is 0 Å². The third-order valence-corrected chi connectivity index (χ3v) is 3.86. The third-order valence-electron chi connectivity index (χ3n) is 3.86. The lowest BCUT2D eigenvalue weighted by molar-refractivity contribution is 0.268. The largest absolute Gasteiger partial charge is 0.396 e. The summed E-state index contributed by atoms with van der Waals surface area (Å²) in [5, 5.41) is 12.2. The highest BCUT2D eigenvalue weighted by Gasteiger charge is 2.16. The van der Waals surface area contributed by atoms with E-state index in [4.69, 9.17) is 5.11 Å². The number of aliphatic hydroxyl groups is 1. The SMILES string of the molecule is Cc1c(CNC(C)CCO)c(=O)n(-c2ccccc2)n1C. The summed E-state index contributed by atoms with van der Waals surface area (Å²) < 4.78 is 3.56. The highest BCUT2D eigenvalue weighted by atomic mass is 16.3. The van der Waals surface area contributed by atoms with Crippen LogP contribution in [-0.4, -0.2) is 27.1 Å². The second-order valence-corrected chi connectivity index (χ2v) is 5.33. The van der Waals surface area contributed by atoms with Crippen molar-refractivity contribution in [2.75, 3.05) is 6.61 Å². The van der Waals surface area contributed by atoms with Crippen molar-refractivity contribution >= 4 is 0 Å². The minimum absolute atomic E-state index is 0.00454. The van der Waals surface area contributed by atoms with Gasteiger partial charge in [0.2, 0.25) is 0 Å². The smallest absolute Gasteiger partial charge is 0.276 e. The minimum Gasteiger partial charge on any atom is -0.396 e. The predicted octanol–water partition coefficient (Wildman–Crippen LogP) is 1.34. The van der Waals surface area contributed by atoms with E-state index in [0.717, 1.165) is 16.9 Å². The first-order valence-electron chi connectivity index (χ1n) is 7.23. The second kappa shape index (κ2) is 6.74. The van der Waals surface area contributed by atoms with E-state index in [1.807, 2.05) is 55.9 Å². The van der Waals surface area contributed by atoms with Crippen molar-refractivity contribution in [2.45, 2.75) is 32.9 Å². The second-order valence-electron chi connectivity index (χ2n) is 5.33.